The van der Waals surface area contributed by atoms with Crippen LogP contribution >= 0.6 is 11.3 Å². The SMILES string of the molecule is O=C(Cc1ccsc1)C1CCOC2(CCOC2)C1. The van der Waals surface area contributed by atoms with Crippen molar-refractivity contribution in [2.24, 2.45) is 5.92 Å². The van der Waals surface area contributed by atoms with Gasteiger partial charge in [0.2, 0.25) is 0 Å². The molecule has 0 radical (unpaired) electrons. The molecule has 2 atom stereocenters. The predicted molar refractivity (Wildman–Crippen MR) is 69.9 cm³/mol. The normalized spacial score (nSPS) is 31.9. The summed E-state index contributed by atoms with van der Waals surface area (Å²) in [6.45, 7) is 2.13. The third kappa shape index (κ3) is 2.51. The van der Waals surface area contributed by atoms with E-state index < -0.39 is 0 Å². The molecule has 2 aliphatic heterocycles. The second-order valence-electron chi connectivity index (χ2n) is 5.30. The molecule has 4 heteroatoms. The Bertz CT molecular complexity index is 407. The maximum absolute atomic E-state index is 12.3. The van der Waals surface area contributed by atoms with Gasteiger partial charge in [-0.05, 0) is 35.2 Å². The Labute approximate surface area is 111 Å². The number of thiophene rings is 1. The van der Waals surface area contributed by atoms with E-state index in [0.29, 0.717) is 25.4 Å². The Kier molecular flexibility index (Phi) is 3.50. The van der Waals surface area contributed by atoms with Crippen LogP contribution in [0.1, 0.15) is 24.8 Å². The molecule has 3 nitrogen and oxygen atoms in total. The molecule has 1 aromatic heterocycles. The monoisotopic (exact) mass is 266 g/mol. The van der Waals surface area contributed by atoms with Crippen molar-refractivity contribution in [3.63, 3.8) is 0 Å². The van der Waals surface area contributed by atoms with Crippen LogP contribution in [0.5, 0.6) is 0 Å². The first-order valence-corrected chi connectivity index (χ1v) is 7.47. The zero-order valence-corrected chi connectivity index (χ0v) is 11.2. The summed E-state index contributed by atoms with van der Waals surface area (Å²) in [5.41, 5.74) is 0.987. The molecule has 0 bridgehead atoms. The fraction of sp³-hybridized carbons (Fsp3) is 0.643. The largest absolute Gasteiger partial charge is 0.378 e. The molecule has 2 unspecified atom stereocenters. The van der Waals surface area contributed by atoms with Crippen LogP contribution < -0.4 is 0 Å². The van der Waals surface area contributed by atoms with Crippen LogP contribution in [0.15, 0.2) is 16.8 Å². The van der Waals surface area contributed by atoms with Gasteiger partial charge in [-0.25, -0.2) is 0 Å². The summed E-state index contributed by atoms with van der Waals surface area (Å²) in [5.74, 6) is 0.517. The van der Waals surface area contributed by atoms with Crippen LogP contribution in [0.25, 0.3) is 0 Å². The first-order valence-electron chi connectivity index (χ1n) is 6.53. The zero-order chi connectivity index (χ0) is 12.4. The topological polar surface area (TPSA) is 35.5 Å². The van der Waals surface area contributed by atoms with E-state index in [1.807, 2.05) is 11.4 Å². The van der Waals surface area contributed by atoms with Gasteiger partial charge in [0.15, 0.2) is 0 Å². The van der Waals surface area contributed by atoms with Crippen LogP contribution in [-0.4, -0.2) is 31.2 Å². The summed E-state index contributed by atoms with van der Waals surface area (Å²) in [5, 5.41) is 4.09. The highest BCUT2D eigenvalue weighted by Crippen LogP contribution is 2.36. The lowest BCUT2D eigenvalue weighted by atomic mass is 9.81. The van der Waals surface area contributed by atoms with Gasteiger partial charge in [-0.15, -0.1) is 0 Å². The quantitative estimate of drug-likeness (QED) is 0.843. The molecular formula is C14H18O3S. The number of carbonyl (C=O) groups excluding carboxylic acids is 1. The van der Waals surface area contributed by atoms with Gasteiger partial charge in [0.05, 0.1) is 12.2 Å². The highest BCUT2D eigenvalue weighted by atomic mass is 32.1. The van der Waals surface area contributed by atoms with Crippen molar-refractivity contribution < 1.29 is 14.3 Å². The minimum Gasteiger partial charge on any atom is -0.378 e. The highest BCUT2D eigenvalue weighted by Gasteiger charge is 2.42. The molecular weight excluding hydrogens is 248 g/mol. The summed E-state index contributed by atoms with van der Waals surface area (Å²) < 4.78 is 11.3. The smallest absolute Gasteiger partial charge is 0.140 e. The molecule has 18 heavy (non-hydrogen) atoms. The Morgan fingerprint density at radius 1 is 1.50 bits per heavy atom. The molecule has 1 aromatic rings. The molecule has 0 N–H and O–H groups in total. The molecule has 2 aliphatic rings. The molecule has 0 saturated carbocycles. The molecule has 3 heterocycles. The molecule has 1 spiro atoms. The molecule has 2 saturated heterocycles. The summed E-state index contributed by atoms with van der Waals surface area (Å²) in [6, 6.07) is 2.04. The summed E-state index contributed by atoms with van der Waals surface area (Å²) in [7, 11) is 0. The van der Waals surface area contributed by atoms with Crippen molar-refractivity contribution in [2.45, 2.75) is 31.3 Å². The van der Waals surface area contributed by atoms with E-state index in [0.717, 1.165) is 31.4 Å². The lowest BCUT2D eigenvalue weighted by Crippen LogP contribution is -2.42. The second-order valence-corrected chi connectivity index (χ2v) is 6.08. The van der Waals surface area contributed by atoms with Gasteiger partial charge in [0.1, 0.15) is 5.78 Å². The maximum atomic E-state index is 12.3. The van der Waals surface area contributed by atoms with Gasteiger partial charge in [-0.2, -0.15) is 11.3 Å². The Morgan fingerprint density at radius 2 is 2.44 bits per heavy atom. The highest BCUT2D eigenvalue weighted by molar-refractivity contribution is 7.07. The number of ketones is 1. The average Bonchev–Trinajstić information content (AvgIpc) is 3.02. The number of rotatable bonds is 3. The van der Waals surface area contributed by atoms with Crippen LogP contribution in [0.2, 0.25) is 0 Å². The molecule has 0 aromatic carbocycles. The fourth-order valence-electron chi connectivity index (χ4n) is 2.90. The van der Waals surface area contributed by atoms with Gasteiger partial charge in [0.25, 0.3) is 0 Å². The summed E-state index contributed by atoms with van der Waals surface area (Å²) in [6.07, 6.45) is 3.22. The average molecular weight is 266 g/mol. The number of Topliss-reactive ketones (excluding diaryl/α,β-unsaturated/α-hetero) is 1. The van der Waals surface area contributed by atoms with Crippen LogP contribution in [0.3, 0.4) is 0 Å². The first kappa shape index (κ1) is 12.3. The third-order valence-electron chi connectivity index (χ3n) is 3.97. The minimum absolute atomic E-state index is 0.153. The van der Waals surface area contributed by atoms with Crippen molar-refractivity contribution in [2.75, 3.05) is 19.8 Å². The molecule has 0 aliphatic carbocycles. The Hall–Kier alpha value is -0.710. The first-order chi connectivity index (χ1) is 8.77. The zero-order valence-electron chi connectivity index (χ0n) is 10.4. The lowest BCUT2D eigenvalue weighted by Gasteiger charge is -2.36. The summed E-state index contributed by atoms with van der Waals surface area (Å²) >= 11 is 1.65. The third-order valence-corrected chi connectivity index (χ3v) is 4.71. The van der Waals surface area contributed by atoms with E-state index in [2.05, 4.69) is 5.38 Å². The van der Waals surface area contributed by atoms with E-state index in [1.165, 1.54) is 0 Å². The molecule has 2 fully saturated rings. The fourth-order valence-corrected chi connectivity index (χ4v) is 3.57. The second kappa shape index (κ2) is 5.11. The van der Waals surface area contributed by atoms with Crippen LogP contribution in [-0.2, 0) is 20.7 Å². The predicted octanol–water partition coefficient (Wildman–Crippen LogP) is 2.45. The van der Waals surface area contributed by atoms with Crippen LogP contribution in [0.4, 0.5) is 0 Å². The van der Waals surface area contributed by atoms with Gasteiger partial charge in [-0.3, -0.25) is 4.79 Å². The molecule has 98 valence electrons. The van der Waals surface area contributed by atoms with Crippen molar-refractivity contribution in [3.05, 3.63) is 22.4 Å². The Balaban J connectivity index is 1.63. The standard InChI is InChI=1S/C14H18O3S/c15-13(7-11-2-6-18-9-11)12-1-4-17-14(8-12)3-5-16-10-14/h2,6,9,12H,1,3-5,7-8,10H2. The van der Waals surface area contributed by atoms with E-state index in [9.17, 15) is 4.79 Å². The van der Waals surface area contributed by atoms with Gasteiger partial charge in [0, 0.05) is 32.0 Å². The van der Waals surface area contributed by atoms with E-state index in [-0.39, 0.29) is 11.5 Å². The Morgan fingerprint density at radius 3 is 3.17 bits per heavy atom. The van der Waals surface area contributed by atoms with Crippen molar-refractivity contribution in [1.29, 1.82) is 0 Å². The number of ether oxygens (including phenoxy) is 2. The number of hydrogen-bond donors (Lipinski definition) is 0. The lowest BCUT2D eigenvalue weighted by molar-refractivity contribution is -0.136. The molecule has 0 amide bonds. The van der Waals surface area contributed by atoms with Crippen LogP contribution in [0, 0.1) is 5.92 Å². The van der Waals surface area contributed by atoms with Gasteiger partial charge >= 0.3 is 0 Å². The van der Waals surface area contributed by atoms with Gasteiger partial charge < -0.3 is 9.47 Å². The van der Waals surface area contributed by atoms with E-state index >= 15 is 0 Å². The molecule has 3 rings (SSSR count). The maximum Gasteiger partial charge on any atom is 0.140 e. The van der Waals surface area contributed by atoms with Crippen molar-refractivity contribution in [1.82, 2.24) is 0 Å². The van der Waals surface area contributed by atoms with E-state index in [1.54, 1.807) is 11.3 Å². The minimum atomic E-state index is -0.160. The van der Waals surface area contributed by atoms with Gasteiger partial charge in [-0.1, -0.05) is 0 Å². The van der Waals surface area contributed by atoms with Crippen molar-refractivity contribution in [3.8, 4) is 0 Å². The van der Waals surface area contributed by atoms with Crippen molar-refractivity contribution >= 4 is 17.1 Å². The van der Waals surface area contributed by atoms with E-state index in [4.69, 9.17) is 9.47 Å². The number of carbonyl (C=O) groups is 1. The summed E-state index contributed by atoms with van der Waals surface area (Å²) in [4.78, 5) is 12.3. The number of hydrogen-bond acceptors (Lipinski definition) is 4.